The van der Waals surface area contributed by atoms with Crippen molar-refractivity contribution in [3.05, 3.63) is 45.1 Å². The van der Waals surface area contributed by atoms with Crippen LogP contribution in [-0.2, 0) is 7.05 Å². The summed E-state index contributed by atoms with van der Waals surface area (Å²) >= 11 is 0. The Bertz CT molecular complexity index is 1260. The molecule has 0 aliphatic carbocycles. The molecule has 0 atom stereocenters. The molecule has 0 radical (unpaired) electrons. The van der Waals surface area contributed by atoms with Gasteiger partial charge in [0, 0.05) is 24.2 Å². The SMILES string of the molecule is COc1ccccc1-c1c2c(=O)[nH]n(C(C)C)c2nc2[nH]c(=O)n(C)c12. The zero-order chi connectivity index (χ0) is 18.6. The summed E-state index contributed by atoms with van der Waals surface area (Å²) < 4.78 is 8.68. The van der Waals surface area contributed by atoms with Gasteiger partial charge in [0.1, 0.15) is 5.75 Å². The van der Waals surface area contributed by atoms with Crippen LogP contribution in [0.15, 0.2) is 33.9 Å². The van der Waals surface area contributed by atoms with Crippen LogP contribution in [0.1, 0.15) is 19.9 Å². The Hall–Kier alpha value is -3.29. The third-order valence-corrected chi connectivity index (χ3v) is 4.59. The average molecular weight is 353 g/mol. The molecule has 2 N–H and O–H groups in total. The highest BCUT2D eigenvalue weighted by atomic mass is 16.5. The number of ether oxygens (including phenoxy) is 1. The van der Waals surface area contributed by atoms with Crippen LogP contribution in [-0.4, -0.2) is 31.4 Å². The van der Waals surface area contributed by atoms with Crippen molar-refractivity contribution >= 4 is 22.2 Å². The molecule has 4 rings (SSSR count). The van der Waals surface area contributed by atoms with E-state index in [9.17, 15) is 9.59 Å². The Morgan fingerprint density at radius 2 is 1.92 bits per heavy atom. The molecule has 26 heavy (non-hydrogen) atoms. The molecule has 0 saturated carbocycles. The van der Waals surface area contributed by atoms with Crippen LogP contribution < -0.4 is 16.0 Å². The van der Waals surface area contributed by atoms with Gasteiger partial charge in [-0.25, -0.2) is 9.78 Å². The minimum atomic E-state index is -0.288. The molecule has 4 aromatic rings. The van der Waals surface area contributed by atoms with Gasteiger partial charge in [0.15, 0.2) is 11.3 Å². The molecule has 8 nitrogen and oxygen atoms in total. The lowest BCUT2D eigenvalue weighted by Crippen LogP contribution is -2.12. The smallest absolute Gasteiger partial charge is 0.327 e. The summed E-state index contributed by atoms with van der Waals surface area (Å²) in [6.45, 7) is 3.91. The van der Waals surface area contributed by atoms with Crippen molar-refractivity contribution in [1.82, 2.24) is 24.3 Å². The number of H-pyrrole nitrogens is 2. The Morgan fingerprint density at radius 3 is 2.62 bits per heavy atom. The molecule has 0 aliphatic rings. The first-order chi connectivity index (χ1) is 12.4. The van der Waals surface area contributed by atoms with Crippen LogP contribution >= 0.6 is 0 Å². The van der Waals surface area contributed by atoms with E-state index in [0.29, 0.717) is 33.5 Å². The van der Waals surface area contributed by atoms with Crippen molar-refractivity contribution in [2.75, 3.05) is 7.11 Å². The fraction of sp³-hybridized carbons (Fsp3) is 0.278. The molecule has 0 saturated heterocycles. The molecule has 8 heteroatoms. The number of aryl methyl sites for hydroxylation is 1. The summed E-state index contributed by atoms with van der Waals surface area (Å²) in [7, 11) is 3.23. The number of methoxy groups -OCH3 is 1. The molecule has 134 valence electrons. The number of fused-ring (bicyclic) bond motifs is 2. The molecule has 0 fully saturated rings. The lowest BCUT2D eigenvalue weighted by atomic mass is 10.0. The fourth-order valence-corrected chi connectivity index (χ4v) is 3.36. The molecule has 0 amide bonds. The highest BCUT2D eigenvalue weighted by Crippen LogP contribution is 2.37. The standard InChI is InChI=1S/C18H19N5O3/c1-9(2)23-16-13(17(24)21-23)12(10-7-5-6-8-11(10)26-4)14-15(19-16)20-18(25)22(14)3/h5-9H,1-4H3,(H,21,24)(H,19,20,25). The zero-order valence-electron chi connectivity index (χ0n) is 15.0. The van der Waals surface area contributed by atoms with Crippen molar-refractivity contribution in [3.63, 3.8) is 0 Å². The van der Waals surface area contributed by atoms with E-state index in [4.69, 9.17) is 4.74 Å². The van der Waals surface area contributed by atoms with Crippen molar-refractivity contribution < 1.29 is 4.74 Å². The van der Waals surface area contributed by atoms with E-state index in [2.05, 4.69) is 15.1 Å². The Morgan fingerprint density at radius 1 is 1.19 bits per heavy atom. The summed E-state index contributed by atoms with van der Waals surface area (Å²) in [6.07, 6.45) is 0. The van der Waals surface area contributed by atoms with E-state index in [-0.39, 0.29) is 17.3 Å². The summed E-state index contributed by atoms with van der Waals surface area (Å²) in [5.41, 5.74) is 2.32. The molecular formula is C18H19N5O3. The Kier molecular flexibility index (Phi) is 3.50. The average Bonchev–Trinajstić information content (AvgIpc) is 3.10. The van der Waals surface area contributed by atoms with E-state index >= 15 is 0 Å². The molecule has 3 aromatic heterocycles. The van der Waals surface area contributed by atoms with Crippen molar-refractivity contribution in [2.24, 2.45) is 7.05 Å². The van der Waals surface area contributed by atoms with Gasteiger partial charge >= 0.3 is 5.69 Å². The topological polar surface area (TPSA) is 97.7 Å². The van der Waals surface area contributed by atoms with E-state index in [1.165, 1.54) is 4.57 Å². The first kappa shape index (κ1) is 16.2. The second-order valence-corrected chi connectivity index (χ2v) is 6.48. The largest absolute Gasteiger partial charge is 0.496 e. The van der Waals surface area contributed by atoms with Gasteiger partial charge in [-0.15, -0.1) is 0 Å². The number of hydrogen-bond donors (Lipinski definition) is 2. The lowest BCUT2D eigenvalue weighted by molar-refractivity contribution is 0.416. The van der Waals surface area contributed by atoms with Crippen LogP contribution in [0, 0.1) is 0 Å². The van der Waals surface area contributed by atoms with E-state index in [0.717, 1.165) is 5.56 Å². The van der Waals surface area contributed by atoms with Crippen molar-refractivity contribution in [2.45, 2.75) is 19.9 Å². The first-order valence-electron chi connectivity index (χ1n) is 8.30. The maximum Gasteiger partial charge on any atom is 0.327 e. The second kappa shape index (κ2) is 5.62. The Balaban J connectivity index is 2.31. The third-order valence-electron chi connectivity index (χ3n) is 4.59. The van der Waals surface area contributed by atoms with Gasteiger partial charge in [-0.05, 0) is 19.9 Å². The number of aromatic nitrogens is 5. The molecule has 0 bridgehead atoms. The maximum absolute atomic E-state index is 12.8. The van der Waals surface area contributed by atoms with Crippen molar-refractivity contribution in [1.29, 1.82) is 0 Å². The number of hydrogen-bond acceptors (Lipinski definition) is 4. The van der Waals surface area contributed by atoms with Gasteiger partial charge < -0.3 is 4.74 Å². The van der Waals surface area contributed by atoms with Gasteiger partial charge in [-0.2, -0.15) is 0 Å². The van der Waals surface area contributed by atoms with E-state index < -0.39 is 0 Å². The van der Waals surface area contributed by atoms with E-state index in [1.807, 2.05) is 38.1 Å². The van der Waals surface area contributed by atoms with Crippen molar-refractivity contribution in [3.8, 4) is 16.9 Å². The number of para-hydroxylation sites is 1. The predicted octanol–water partition coefficient (Wildman–Crippen LogP) is 2.16. The van der Waals surface area contributed by atoms with Crippen LogP contribution in [0.3, 0.4) is 0 Å². The number of imidazole rings is 1. The molecule has 0 spiro atoms. The molecule has 0 unspecified atom stereocenters. The summed E-state index contributed by atoms with van der Waals surface area (Å²) in [5.74, 6) is 0.617. The number of nitrogens with one attached hydrogen (secondary N) is 2. The third kappa shape index (κ3) is 2.11. The number of aromatic amines is 2. The number of rotatable bonds is 3. The molecule has 3 heterocycles. The van der Waals surface area contributed by atoms with Gasteiger partial charge in [-0.1, -0.05) is 18.2 Å². The van der Waals surface area contributed by atoms with Crippen LogP contribution in [0.25, 0.3) is 33.3 Å². The van der Waals surface area contributed by atoms with E-state index in [1.54, 1.807) is 18.8 Å². The normalized spacial score (nSPS) is 11.7. The van der Waals surface area contributed by atoms with Crippen LogP contribution in [0.4, 0.5) is 0 Å². The van der Waals surface area contributed by atoms with Gasteiger partial charge in [0.05, 0.1) is 18.0 Å². The summed E-state index contributed by atoms with van der Waals surface area (Å²) in [6, 6.07) is 7.43. The van der Waals surface area contributed by atoms with Gasteiger partial charge in [-0.3, -0.25) is 24.1 Å². The monoisotopic (exact) mass is 353 g/mol. The number of nitrogens with zero attached hydrogens (tertiary/aromatic N) is 3. The molecular weight excluding hydrogens is 334 g/mol. The quantitative estimate of drug-likeness (QED) is 0.590. The zero-order valence-corrected chi connectivity index (χ0v) is 15.0. The van der Waals surface area contributed by atoms with Gasteiger partial charge in [0.25, 0.3) is 5.56 Å². The second-order valence-electron chi connectivity index (χ2n) is 6.48. The lowest BCUT2D eigenvalue weighted by Gasteiger charge is -2.12. The Labute approximate surface area is 148 Å². The minimum absolute atomic E-state index is 0.00565. The first-order valence-corrected chi connectivity index (χ1v) is 8.30. The van der Waals surface area contributed by atoms with Crippen LogP contribution in [0.2, 0.25) is 0 Å². The highest BCUT2D eigenvalue weighted by Gasteiger charge is 2.23. The summed E-state index contributed by atoms with van der Waals surface area (Å²) in [5, 5.41) is 3.29. The molecule has 1 aromatic carbocycles. The number of benzene rings is 1. The fourth-order valence-electron chi connectivity index (χ4n) is 3.36. The predicted molar refractivity (Wildman–Crippen MR) is 99.8 cm³/mol. The van der Waals surface area contributed by atoms with Crippen LogP contribution in [0.5, 0.6) is 5.75 Å². The number of pyridine rings is 1. The molecule has 0 aliphatic heterocycles. The highest BCUT2D eigenvalue weighted by molar-refractivity contribution is 6.07. The maximum atomic E-state index is 12.8. The van der Waals surface area contributed by atoms with Gasteiger partial charge in [0.2, 0.25) is 0 Å². The summed E-state index contributed by atoms with van der Waals surface area (Å²) in [4.78, 5) is 32.4. The minimum Gasteiger partial charge on any atom is -0.496 e.